The van der Waals surface area contributed by atoms with Gasteiger partial charge in [0.05, 0.1) is 16.6 Å². The molecule has 7 nitrogen and oxygen atoms in total. The first-order valence-electron chi connectivity index (χ1n) is 12.9. The molecule has 2 fully saturated rings. The Kier molecular flexibility index (Phi) is 7.88. The number of ether oxygens (including phenoxy) is 2. The Morgan fingerprint density at radius 3 is 2.78 bits per heavy atom. The SMILES string of the molecule is C=CC(=O)N1CCN2Cc3cc(OCCN4CCCCC4)c(-c4c(O)cccc4Cl)c(F)c3OC[C@H]2C1. The van der Waals surface area contributed by atoms with Crippen LogP contribution in [0, 0.1) is 5.82 Å². The van der Waals surface area contributed by atoms with Crippen LogP contribution in [0.3, 0.4) is 0 Å². The second kappa shape index (κ2) is 11.3. The number of carbonyl (C=O) groups excluding carboxylic acids is 1. The van der Waals surface area contributed by atoms with Gasteiger partial charge >= 0.3 is 0 Å². The number of amides is 1. The Bertz CT molecular complexity index is 1150. The molecule has 9 heteroatoms. The second-order valence-electron chi connectivity index (χ2n) is 9.86. The van der Waals surface area contributed by atoms with Gasteiger partial charge in [0.2, 0.25) is 5.91 Å². The zero-order valence-electron chi connectivity index (χ0n) is 20.9. The molecule has 0 unspecified atom stereocenters. The molecule has 198 valence electrons. The molecular weight excluding hydrogens is 497 g/mol. The molecule has 37 heavy (non-hydrogen) atoms. The van der Waals surface area contributed by atoms with E-state index in [9.17, 15) is 9.90 Å². The van der Waals surface area contributed by atoms with Crippen molar-refractivity contribution < 1.29 is 23.8 Å². The lowest BCUT2D eigenvalue weighted by molar-refractivity contribution is -0.129. The molecule has 0 aromatic heterocycles. The van der Waals surface area contributed by atoms with E-state index >= 15 is 4.39 Å². The average molecular weight is 530 g/mol. The van der Waals surface area contributed by atoms with Crippen molar-refractivity contribution in [3.8, 4) is 28.4 Å². The van der Waals surface area contributed by atoms with Gasteiger partial charge in [-0.25, -0.2) is 4.39 Å². The van der Waals surface area contributed by atoms with Crippen molar-refractivity contribution >= 4 is 17.5 Å². The molecule has 2 saturated heterocycles. The van der Waals surface area contributed by atoms with Crippen molar-refractivity contribution in [3.05, 3.63) is 53.3 Å². The highest BCUT2D eigenvalue weighted by atomic mass is 35.5. The summed E-state index contributed by atoms with van der Waals surface area (Å²) in [5.41, 5.74) is 0.960. The van der Waals surface area contributed by atoms with Crippen molar-refractivity contribution in [1.29, 1.82) is 0 Å². The lowest BCUT2D eigenvalue weighted by Gasteiger charge is -2.39. The normalized spacial score (nSPS) is 20.4. The van der Waals surface area contributed by atoms with Crippen molar-refractivity contribution in [3.63, 3.8) is 0 Å². The first-order chi connectivity index (χ1) is 18.0. The Balaban J connectivity index is 1.47. The molecule has 0 spiro atoms. The molecule has 0 bridgehead atoms. The van der Waals surface area contributed by atoms with Crippen LogP contribution in [0.25, 0.3) is 11.1 Å². The van der Waals surface area contributed by atoms with Gasteiger partial charge < -0.3 is 19.5 Å². The number of rotatable bonds is 6. The molecule has 3 aliphatic rings. The number of aromatic hydroxyl groups is 1. The van der Waals surface area contributed by atoms with Crippen LogP contribution in [-0.2, 0) is 11.3 Å². The quantitative estimate of drug-likeness (QED) is 0.563. The van der Waals surface area contributed by atoms with Gasteiger partial charge in [0, 0.05) is 43.9 Å². The zero-order chi connectivity index (χ0) is 25.9. The molecule has 1 N–H and O–H groups in total. The zero-order valence-corrected chi connectivity index (χ0v) is 21.7. The van der Waals surface area contributed by atoms with E-state index in [1.807, 2.05) is 6.07 Å². The molecule has 0 saturated carbocycles. The lowest BCUT2D eigenvalue weighted by atomic mass is 9.99. The maximum absolute atomic E-state index is 16.3. The summed E-state index contributed by atoms with van der Waals surface area (Å²) < 4.78 is 28.5. The van der Waals surface area contributed by atoms with E-state index in [1.54, 1.807) is 17.0 Å². The monoisotopic (exact) mass is 529 g/mol. The van der Waals surface area contributed by atoms with Crippen LogP contribution < -0.4 is 9.47 Å². The number of hydrogen-bond acceptors (Lipinski definition) is 6. The van der Waals surface area contributed by atoms with Gasteiger partial charge in [0.1, 0.15) is 24.7 Å². The number of nitrogens with zero attached hydrogens (tertiary/aromatic N) is 3. The molecule has 0 radical (unpaired) electrons. The summed E-state index contributed by atoms with van der Waals surface area (Å²) in [5.74, 6) is -0.383. The fourth-order valence-electron chi connectivity index (χ4n) is 5.49. The number of likely N-dealkylation sites (tertiary alicyclic amines) is 1. The number of piperazine rings is 1. The van der Waals surface area contributed by atoms with Crippen molar-refractivity contribution in [2.24, 2.45) is 0 Å². The molecule has 2 aromatic rings. The first kappa shape index (κ1) is 25.8. The van der Waals surface area contributed by atoms with E-state index in [0.717, 1.165) is 19.6 Å². The maximum Gasteiger partial charge on any atom is 0.246 e. The minimum absolute atomic E-state index is 0.0786. The van der Waals surface area contributed by atoms with Gasteiger partial charge in [-0.2, -0.15) is 0 Å². The van der Waals surface area contributed by atoms with E-state index in [-0.39, 0.29) is 46.2 Å². The number of fused-ring (bicyclic) bond motifs is 2. The molecule has 1 amide bonds. The summed E-state index contributed by atoms with van der Waals surface area (Å²) in [6, 6.07) is 6.45. The molecule has 3 aliphatic heterocycles. The van der Waals surface area contributed by atoms with E-state index in [2.05, 4.69) is 16.4 Å². The molecular formula is C28H33ClFN3O4. The van der Waals surface area contributed by atoms with Crippen LogP contribution in [0.15, 0.2) is 36.9 Å². The number of halogens is 2. The minimum Gasteiger partial charge on any atom is -0.507 e. The van der Waals surface area contributed by atoms with Crippen LogP contribution in [0.5, 0.6) is 17.2 Å². The molecule has 0 aliphatic carbocycles. The first-order valence-corrected chi connectivity index (χ1v) is 13.3. The summed E-state index contributed by atoms with van der Waals surface area (Å²) in [6.07, 6.45) is 4.92. The van der Waals surface area contributed by atoms with Crippen molar-refractivity contribution in [2.45, 2.75) is 31.8 Å². The number of benzene rings is 2. The Labute approximate surface area is 222 Å². The van der Waals surface area contributed by atoms with E-state index in [4.69, 9.17) is 21.1 Å². The van der Waals surface area contributed by atoms with E-state index < -0.39 is 5.82 Å². The predicted molar refractivity (Wildman–Crippen MR) is 141 cm³/mol. The number of phenolic OH excluding ortho intramolecular Hbond substituents is 1. The highest BCUT2D eigenvalue weighted by Gasteiger charge is 2.35. The summed E-state index contributed by atoms with van der Waals surface area (Å²) >= 11 is 6.45. The Morgan fingerprint density at radius 2 is 2.03 bits per heavy atom. The number of piperidine rings is 1. The molecule has 1 atom stereocenters. The fourth-order valence-corrected chi connectivity index (χ4v) is 5.76. The van der Waals surface area contributed by atoms with Gasteiger partial charge in [-0.1, -0.05) is 30.7 Å². The third-order valence-corrected chi connectivity index (χ3v) is 7.82. The Hall–Kier alpha value is -2.81. The van der Waals surface area contributed by atoms with Crippen LogP contribution in [0.1, 0.15) is 24.8 Å². The number of hydrogen-bond donors (Lipinski definition) is 1. The summed E-state index contributed by atoms with van der Waals surface area (Å²) in [4.78, 5) is 18.5. The van der Waals surface area contributed by atoms with Gasteiger partial charge in [-0.15, -0.1) is 0 Å². The topological polar surface area (TPSA) is 65.5 Å². The molecule has 3 heterocycles. The van der Waals surface area contributed by atoms with Gasteiger partial charge in [0.25, 0.3) is 0 Å². The second-order valence-corrected chi connectivity index (χ2v) is 10.3. The van der Waals surface area contributed by atoms with Crippen LogP contribution >= 0.6 is 11.6 Å². The summed E-state index contributed by atoms with van der Waals surface area (Å²) in [6.45, 7) is 9.19. The third kappa shape index (κ3) is 5.42. The lowest BCUT2D eigenvalue weighted by Crippen LogP contribution is -2.55. The standard InChI is InChI=1S/C28H33ClFN3O4/c1-2-24(35)33-12-11-32-16-19-15-23(36-14-13-31-9-4-3-5-10-31)26(25-21(29)7-6-8-22(25)34)27(30)28(19)37-18-20(32)17-33/h2,6-8,15,20,34H,1,3-5,9-14,16-18H2/t20-/m1/s1. The number of carbonyl (C=O) groups is 1. The van der Waals surface area contributed by atoms with Gasteiger partial charge in [-0.3, -0.25) is 14.6 Å². The maximum atomic E-state index is 16.3. The van der Waals surface area contributed by atoms with Crippen LogP contribution in [0.4, 0.5) is 4.39 Å². The van der Waals surface area contributed by atoms with Gasteiger partial charge in [-0.05, 0) is 50.2 Å². The van der Waals surface area contributed by atoms with Crippen molar-refractivity contribution in [1.82, 2.24) is 14.7 Å². The van der Waals surface area contributed by atoms with E-state index in [1.165, 1.54) is 31.4 Å². The minimum atomic E-state index is -0.604. The van der Waals surface area contributed by atoms with Crippen LogP contribution in [-0.4, -0.2) is 84.2 Å². The molecule has 5 rings (SSSR count). The van der Waals surface area contributed by atoms with Crippen LogP contribution in [0.2, 0.25) is 5.02 Å². The largest absolute Gasteiger partial charge is 0.507 e. The van der Waals surface area contributed by atoms with Crippen molar-refractivity contribution in [2.75, 3.05) is 52.5 Å². The predicted octanol–water partition coefficient (Wildman–Crippen LogP) is 4.31. The highest BCUT2D eigenvalue weighted by Crippen LogP contribution is 2.47. The third-order valence-electron chi connectivity index (χ3n) is 7.50. The number of phenols is 1. The van der Waals surface area contributed by atoms with Gasteiger partial charge in [0.15, 0.2) is 11.6 Å². The molecule has 2 aromatic carbocycles. The Morgan fingerprint density at radius 1 is 1.22 bits per heavy atom. The average Bonchev–Trinajstić information content (AvgIpc) is 3.09. The summed E-state index contributed by atoms with van der Waals surface area (Å²) in [5, 5.41) is 10.9. The highest BCUT2D eigenvalue weighted by molar-refractivity contribution is 6.33. The smallest absolute Gasteiger partial charge is 0.246 e. The fraction of sp³-hybridized carbons (Fsp3) is 0.464. The van der Waals surface area contributed by atoms with E-state index in [0.29, 0.717) is 44.1 Å². The summed E-state index contributed by atoms with van der Waals surface area (Å²) in [7, 11) is 0.